The molecule has 0 aliphatic carbocycles. The topological polar surface area (TPSA) is 52.3 Å². The summed E-state index contributed by atoms with van der Waals surface area (Å²) in [5.41, 5.74) is 0.286. The maximum absolute atomic E-state index is 13.3. The number of hydrogen-bond donors (Lipinski definition) is 0. The van der Waals surface area contributed by atoms with E-state index >= 15 is 0 Å². The number of halogens is 4. The molecule has 4 rings (SSSR count). The predicted octanol–water partition coefficient (Wildman–Crippen LogP) is 4.23. The third kappa shape index (κ3) is 2.63. The Kier molecular flexibility index (Phi) is 3.31. The zero-order valence-corrected chi connectivity index (χ0v) is 12.3. The lowest BCUT2D eigenvalue weighted by atomic mass is 10.3. The Hall–Kier alpha value is -3.23. The van der Waals surface area contributed by atoms with Crippen LogP contribution in [0.3, 0.4) is 0 Å². The molecule has 0 fully saturated rings. The highest BCUT2D eigenvalue weighted by atomic mass is 19.4. The summed E-state index contributed by atoms with van der Waals surface area (Å²) in [6.07, 6.45) is -4.70. The molecule has 2 aromatic carbocycles. The van der Waals surface area contributed by atoms with Crippen molar-refractivity contribution in [3.63, 3.8) is 0 Å². The molecule has 5 nitrogen and oxygen atoms in total. The number of aromatic nitrogens is 4. The summed E-state index contributed by atoms with van der Waals surface area (Å²) in [5.74, 6) is -1.59. The first-order chi connectivity index (χ1) is 11.9. The first kappa shape index (κ1) is 15.3. The zero-order chi connectivity index (χ0) is 17.6. The van der Waals surface area contributed by atoms with E-state index < -0.39 is 17.8 Å². The van der Waals surface area contributed by atoms with Crippen molar-refractivity contribution in [3.05, 3.63) is 60.2 Å². The predicted molar refractivity (Wildman–Crippen MR) is 79.8 cm³/mol. The molecule has 0 saturated carbocycles. The third-order valence-corrected chi connectivity index (χ3v) is 3.48. The highest BCUT2D eigenvalue weighted by molar-refractivity contribution is 5.80. The number of nitrogens with zero attached hydrogens (tertiary/aromatic N) is 4. The van der Waals surface area contributed by atoms with Gasteiger partial charge in [-0.1, -0.05) is 12.1 Å². The average molecular weight is 348 g/mol. The van der Waals surface area contributed by atoms with E-state index in [0.717, 1.165) is 4.40 Å². The molecule has 0 bridgehead atoms. The highest BCUT2D eigenvalue weighted by Gasteiger charge is 2.38. The molecule has 0 amide bonds. The molecule has 126 valence electrons. The number of hydrogen-bond acceptors (Lipinski definition) is 4. The van der Waals surface area contributed by atoms with Crippen molar-refractivity contribution in [1.29, 1.82) is 0 Å². The van der Waals surface area contributed by atoms with Gasteiger partial charge in [0.15, 0.2) is 0 Å². The van der Waals surface area contributed by atoms with Crippen molar-refractivity contribution < 1.29 is 22.3 Å². The SMILES string of the molecule is Fc1ccc(Oc2nc3ccccc3n3c(C(F)(F)F)nnc23)cc1. The van der Waals surface area contributed by atoms with Gasteiger partial charge in [0.2, 0.25) is 11.5 Å². The number of rotatable bonds is 2. The van der Waals surface area contributed by atoms with Gasteiger partial charge in [0.05, 0.1) is 11.0 Å². The van der Waals surface area contributed by atoms with Crippen LogP contribution in [-0.2, 0) is 6.18 Å². The normalized spacial score (nSPS) is 12.0. The fraction of sp³-hybridized carbons (Fsp3) is 0.0625. The molecule has 9 heteroatoms. The van der Waals surface area contributed by atoms with E-state index in [2.05, 4.69) is 15.2 Å². The summed E-state index contributed by atoms with van der Waals surface area (Å²) in [4.78, 5) is 4.21. The van der Waals surface area contributed by atoms with E-state index in [9.17, 15) is 17.6 Å². The zero-order valence-electron chi connectivity index (χ0n) is 12.3. The molecule has 0 unspecified atom stereocenters. The molecular weight excluding hydrogens is 340 g/mol. The van der Waals surface area contributed by atoms with Gasteiger partial charge in [0.1, 0.15) is 11.6 Å². The van der Waals surface area contributed by atoms with E-state index in [0.29, 0.717) is 0 Å². The third-order valence-electron chi connectivity index (χ3n) is 3.48. The van der Waals surface area contributed by atoms with Crippen LogP contribution in [0.25, 0.3) is 16.7 Å². The van der Waals surface area contributed by atoms with E-state index in [4.69, 9.17) is 4.74 Å². The summed E-state index contributed by atoms with van der Waals surface area (Å²) in [7, 11) is 0. The molecule has 25 heavy (non-hydrogen) atoms. The van der Waals surface area contributed by atoms with Crippen LogP contribution in [0.5, 0.6) is 11.6 Å². The molecule has 0 atom stereocenters. The van der Waals surface area contributed by atoms with Crippen molar-refractivity contribution in [2.45, 2.75) is 6.18 Å². The van der Waals surface area contributed by atoms with Gasteiger partial charge in [-0.25, -0.2) is 9.37 Å². The van der Waals surface area contributed by atoms with Crippen LogP contribution in [0.15, 0.2) is 48.5 Å². The minimum Gasteiger partial charge on any atom is -0.436 e. The Labute approximate surface area is 137 Å². The second-order valence-corrected chi connectivity index (χ2v) is 5.14. The van der Waals surface area contributed by atoms with Gasteiger partial charge < -0.3 is 4.74 Å². The lowest BCUT2D eigenvalue weighted by Crippen LogP contribution is -2.11. The molecule has 0 radical (unpaired) electrons. The maximum Gasteiger partial charge on any atom is 0.452 e. The second kappa shape index (κ2) is 5.40. The fourth-order valence-electron chi connectivity index (χ4n) is 2.42. The second-order valence-electron chi connectivity index (χ2n) is 5.14. The van der Waals surface area contributed by atoms with E-state index in [-0.39, 0.29) is 28.3 Å². The molecule has 2 heterocycles. The lowest BCUT2D eigenvalue weighted by molar-refractivity contribution is -0.145. The minimum atomic E-state index is -4.70. The Morgan fingerprint density at radius 1 is 0.920 bits per heavy atom. The molecule has 0 aliphatic rings. The molecule has 0 spiro atoms. The smallest absolute Gasteiger partial charge is 0.436 e. The summed E-state index contributed by atoms with van der Waals surface area (Å²) < 4.78 is 59.1. The Bertz CT molecular complexity index is 1070. The van der Waals surface area contributed by atoms with Gasteiger partial charge in [-0.2, -0.15) is 13.2 Å². The van der Waals surface area contributed by atoms with Crippen LogP contribution in [-0.4, -0.2) is 19.6 Å². The lowest BCUT2D eigenvalue weighted by Gasteiger charge is -2.10. The van der Waals surface area contributed by atoms with Gasteiger partial charge in [0, 0.05) is 0 Å². The largest absolute Gasteiger partial charge is 0.452 e. The molecular formula is C16H8F4N4O. The standard InChI is InChI=1S/C16H8F4N4O/c17-9-5-7-10(8-6-9)25-14-13-22-23-15(16(18,19)20)24(13)12-4-2-1-3-11(12)21-14/h1-8H. The van der Waals surface area contributed by atoms with Crippen LogP contribution in [0, 0.1) is 5.82 Å². The molecule has 0 N–H and O–H groups in total. The van der Waals surface area contributed by atoms with Gasteiger partial charge in [-0.05, 0) is 36.4 Å². The number of para-hydroxylation sites is 2. The quantitative estimate of drug-likeness (QED) is 0.509. The minimum absolute atomic E-state index is 0.159. The highest BCUT2D eigenvalue weighted by Crippen LogP contribution is 2.33. The van der Waals surface area contributed by atoms with Gasteiger partial charge in [0.25, 0.3) is 5.88 Å². The van der Waals surface area contributed by atoms with Crippen LogP contribution in [0.1, 0.15) is 5.82 Å². The summed E-state index contributed by atoms with van der Waals surface area (Å²) in [6.45, 7) is 0. The molecule has 0 aliphatic heterocycles. The first-order valence-electron chi connectivity index (χ1n) is 7.08. The van der Waals surface area contributed by atoms with Crippen LogP contribution in [0.2, 0.25) is 0 Å². The Morgan fingerprint density at radius 2 is 1.64 bits per heavy atom. The summed E-state index contributed by atoms with van der Waals surface area (Å²) >= 11 is 0. The summed E-state index contributed by atoms with van der Waals surface area (Å²) in [6, 6.07) is 11.3. The molecule has 4 aromatic rings. The number of fused-ring (bicyclic) bond motifs is 3. The number of ether oxygens (including phenoxy) is 1. The first-order valence-corrected chi connectivity index (χ1v) is 7.08. The summed E-state index contributed by atoms with van der Waals surface area (Å²) in [5, 5.41) is 6.82. The Balaban J connectivity index is 1.97. The number of benzene rings is 2. The van der Waals surface area contributed by atoms with Crippen molar-refractivity contribution >= 4 is 16.7 Å². The van der Waals surface area contributed by atoms with E-state index in [1.165, 1.54) is 30.3 Å². The van der Waals surface area contributed by atoms with Crippen molar-refractivity contribution in [1.82, 2.24) is 19.6 Å². The number of alkyl halides is 3. The van der Waals surface area contributed by atoms with Crippen LogP contribution in [0.4, 0.5) is 17.6 Å². The Morgan fingerprint density at radius 3 is 2.36 bits per heavy atom. The monoisotopic (exact) mass is 348 g/mol. The molecule has 0 saturated heterocycles. The van der Waals surface area contributed by atoms with Crippen molar-refractivity contribution in [2.24, 2.45) is 0 Å². The van der Waals surface area contributed by atoms with E-state index in [1.807, 2.05) is 0 Å². The van der Waals surface area contributed by atoms with E-state index in [1.54, 1.807) is 18.2 Å². The maximum atomic E-state index is 13.3. The average Bonchev–Trinajstić information content (AvgIpc) is 3.03. The van der Waals surface area contributed by atoms with Crippen LogP contribution >= 0.6 is 0 Å². The molecule has 2 aromatic heterocycles. The van der Waals surface area contributed by atoms with Gasteiger partial charge in [-0.3, -0.25) is 4.40 Å². The van der Waals surface area contributed by atoms with Gasteiger partial charge >= 0.3 is 6.18 Å². The van der Waals surface area contributed by atoms with Gasteiger partial charge in [-0.15, -0.1) is 10.2 Å². The van der Waals surface area contributed by atoms with Crippen molar-refractivity contribution in [2.75, 3.05) is 0 Å². The fourth-order valence-corrected chi connectivity index (χ4v) is 2.42. The van der Waals surface area contributed by atoms with Crippen LogP contribution < -0.4 is 4.74 Å². The van der Waals surface area contributed by atoms with Crippen molar-refractivity contribution in [3.8, 4) is 11.6 Å².